The summed E-state index contributed by atoms with van der Waals surface area (Å²) in [5.41, 5.74) is 4.87. The Morgan fingerprint density at radius 3 is 2.60 bits per heavy atom. The lowest BCUT2D eigenvalue weighted by atomic mass is 10.0. The van der Waals surface area contributed by atoms with Crippen molar-refractivity contribution in [2.75, 3.05) is 30.5 Å². The molecule has 0 radical (unpaired) electrons. The number of nitrogens with zero attached hydrogens (tertiary/aromatic N) is 2. The number of anilines is 2. The Bertz CT molecular complexity index is 1480. The maximum atomic E-state index is 13.2. The maximum Gasteiger partial charge on any atom is 0.255 e. The zero-order valence-electron chi connectivity index (χ0n) is 22.2. The van der Waals surface area contributed by atoms with Crippen molar-refractivity contribution in [1.82, 2.24) is 9.97 Å². The second kappa shape index (κ2) is 14.3. The molecule has 0 saturated carbocycles. The molecule has 0 atom stereocenters. The molecule has 206 valence electrons. The third-order valence-electron chi connectivity index (χ3n) is 6.10. The zero-order valence-corrected chi connectivity index (χ0v) is 22.9. The van der Waals surface area contributed by atoms with Crippen LogP contribution in [0, 0.1) is 6.92 Å². The number of hydrogen-bond acceptors (Lipinski definition) is 7. The van der Waals surface area contributed by atoms with Crippen molar-refractivity contribution in [3.05, 3.63) is 106 Å². The molecule has 0 aliphatic rings. The normalized spacial score (nSPS) is 10.8. The number of halogens is 1. The van der Waals surface area contributed by atoms with Gasteiger partial charge in [-0.15, -0.1) is 0 Å². The Labute approximate surface area is 238 Å². The van der Waals surface area contributed by atoms with Crippen molar-refractivity contribution in [1.29, 1.82) is 0 Å². The molecular formula is C31H31ClN4O4. The summed E-state index contributed by atoms with van der Waals surface area (Å²) in [6.45, 7) is 3.23. The Morgan fingerprint density at radius 2 is 1.77 bits per heavy atom. The van der Waals surface area contributed by atoms with E-state index in [1.165, 1.54) is 11.9 Å². The van der Waals surface area contributed by atoms with Gasteiger partial charge in [0.05, 0.1) is 24.6 Å². The molecule has 0 saturated heterocycles. The van der Waals surface area contributed by atoms with Gasteiger partial charge in [-0.25, -0.2) is 9.97 Å². The van der Waals surface area contributed by atoms with Crippen molar-refractivity contribution in [2.45, 2.75) is 26.3 Å². The molecule has 1 aromatic heterocycles. The van der Waals surface area contributed by atoms with Crippen LogP contribution in [-0.2, 0) is 11.3 Å². The molecule has 0 spiro atoms. The molecule has 0 unspecified atom stereocenters. The number of aryl methyl sites for hydroxylation is 1. The summed E-state index contributed by atoms with van der Waals surface area (Å²) in [6, 6.07) is 21.8. The van der Waals surface area contributed by atoms with Gasteiger partial charge >= 0.3 is 0 Å². The highest BCUT2D eigenvalue weighted by Gasteiger charge is 2.15. The highest BCUT2D eigenvalue weighted by molar-refractivity contribution is 6.31. The van der Waals surface area contributed by atoms with E-state index in [1.807, 2.05) is 25.1 Å². The van der Waals surface area contributed by atoms with Crippen LogP contribution >= 0.6 is 11.6 Å². The van der Waals surface area contributed by atoms with Crippen LogP contribution in [0.3, 0.4) is 0 Å². The molecule has 4 rings (SSSR count). The van der Waals surface area contributed by atoms with Crippen LogP contribution in [0.1, 0.15) is 44.7 Å². The highest BCUT2D eigenvalue weighted by Crippen LogP contribution is 2.31. The first-order chi connectivity index (χ1) is 19.4. The third-order valence-corrected chi connectivity index (χ3v) is 6.34. The SMILES string of the molecule is Cc1cccc(CNc2cc(-c3cc(Cl)ccc3NC(=O)c3cccc(C(=O)CCCOCCO)c3)ncn2)c1. The second-order valence-electron chi connectivity index (χ2n) is 9.22. The average Bonchev–Trinajstić information content (AvgIpc) is 2.97. The van der Waals surface area contributed by atoms with Gasteiger partial charge in [0.25, 0.3) is 5.91 Å². The predicted molar refractivity (Wildman–Crippen MR) is 157 cm³/mol. The van der Waals surface area contributed by atoms with Gasteiger partial charge in [-0.3, -0.25) is 9.59 Å². The third kappa shape index (κ3) is 8.19. The summed E-state index contributed by atoms with van der Waals surface area (Å²) < 4.78 is 5.21. The number of carbonyl (C=O) groups is 2. The summed E-state index contributed by atoms with van der Waals surface area (Å²) >= 11 is 6.31. The number of rotatable bonds is 13. The molecule has 1 heterocycles. The largest absolute Gasteiger partial charge is 0.394 e. The quantitative estimate of drug-likeness (QED) is 0.137. The fourth-order valence-corrected chi connectivity index (χ4v) is 4.30. The summed E-state index contributed by atoms with van der Waals surface area (Å²) in [5, 5.41) is 15.5. The number of Topliss-reactive ketones (excluding diaryl/α,β-unsaturated/α-hetero) is 1. The van der Waals surface area contributed by atoms with Crippen molar-refractivity contribution >= 4 is 34.8 Å². The number of carbonyl (C=O) groups excluding carboxylic acids is 2. The van der Waals surface area contributed by atoms with Crippen LogP contribution in [0.2, 0.25) is 5.02 Å². The molecule has 0 aliphatic carbocycles. The monoisotopic (exact) mass is 558 g/mol. The number of amides is 1. The number of ketones is 1. The van der Waals surface area contributed by atoms with Crippen molar-refractivity contribution in [3.63, 3.8) is 0 Å². The van der Waals surface area contributed by atoms with Gasteiger partial charge in [0.2, 0.25) is 0 Å². The minimum absolute atomic E-state index is 0.0519. The van der Waals surface area contributed by atoms with Gasteiger partial charge in [0, 0.05) is 47.4 Å². The second-order valence-corrected chi connectivity index (χ2v) is 9.66. The predicted octanol–water partition coefficient (Wildman–Crippen LogP) is 5.94. The number of aliphatic hydroxyl groups excluding tert-OH is 1. The lowest BCUT2D eigenvalue weighted by Crippen LogP contribution is -2.14. The van der Waals surface area contributed by atoms with Gasteiger partial charge in [-0.1, -0.05) is 53.6 Å². The van der Waals surface area contributed by atoms with Gasteiger partial charge in [-0.05, 0) is 49.2 Å². The standard InChI is InChI=1S/C31H31ClN4O4/c1-21-5-2-6-22(15-21)19-33-30-18-28(34-20-35-30)26-17-25(32)10-11-27(26)36-31(39)24-8-3-7-23(16-24)29(38)9-4-13-40-14-12-37/h2-3,5-8,10-11,15-18,20,37H,4,9,12-14,19H2,1H3,(H,36,39)(H,33,34,35). The number of aliphatic hydroxyl groups is 1. The fourth-order valence-electron chi connectivity index (χ4n) is 4.13. The van der Waals surface area contributed by atoms with Crippen LogP contribution in [0.4, 0.5) is 11.5 Å². The summed E-state index contributed by atoms with van der Waals surface area (Å²) in [7, 11) is 0. The van der Waals surface area contributed by atoms with Gasteiger partial charge in [-0.2, -0.15) is 0 Å². The number of benzene rings is 3. The molecular weight excluding hydrogens is 528 g/mol. The fraction of sp³-hybridized carbons (Fsp3) is 0.226. The van der Waals surface area contributed by atoms with Gasteiger partial charge in [0.15, 0.2) is 5.78 Å². The van der Waals surface area contributed by atoms with Crippen LogP contribution in [-0.4, -0.2) is 46.6 Å². The molecule has 0 fully saturated rings. The van der Waals surface area contributed by atoms with E-state index in [4.69, 9.17) is 21.4 Å². The Hall–Kier alpha value is -4.11. The van der Waals surface area contributed by atoms with Crippen LogP contribution < -0.4 is 10.6 Å². The first-order valence-corrected chi connectivity index (χ1v) is 13.4. The maximum absolute atomic E-state index is 13.2. The zero-order chi connectivity index (χ0) is 28.3. The smallest absolute Gasteiger partial charge is 0.255 e. The number of nitrogens with one attached hydrogen (secondary N) is 2. The van der Waals surface area contributed by atoms with E-state index in [2.05, 4.69) is 26.7 Å². The van der Waals surface area contributed by atoms with E-state index >= 15 is 0 Å². The van der Waals surface area contributed by atoms with Crippen LogP contribution in [0.15, 0.2) is 79.1 Å². The van der Waals surface area contributed by atoms with E-state index in [0.717, 1.165) is 5.56 Å². The molecule has 0 aliphatic heterocycles. The molecule has 8 nitrogen and oxygen atoms in total. The lowest BCUT2D eigenvalue weighted by molar-refractivity contribution is 0.0832. The molecule has 9 heteroatoms. The Morgan fingerprint density at radius 1 is 0.950 bits per heavy atom. The topological polar surface area (TPSA) is 113 Å². The summed E-state index contributed by atoms with van der Waals surface area (Å²) in [5.74, 6) is 0.189. The van der Waals surface area contributed by atoms with Crippen molar-refractivity contribution in [3.8, 4) is 11.3 Å². The number of hydrogen-bond donors (Lipinski definition) is 3. The van der Waals surface area contributed by atoms with E-state index in [0.29, 0.717) is 58.5 Å². The Balaban J connectivity index is 1.47. The van der Waals surface area contributed by atoms with Crippen LogP contribution in [0.5, 0.6) is 0 Å². The number of ether oxygens (including phenoxy) is 1. The molecule has 4 aromatic rings. The van der Waals surface area contributed by atoms with E-state index in [-0.39, 0.29) is 31.3 Å². The minimum Gasteiger partial charge on any atom is -0.394 e. The first-order valence-electron chi connectivity index (χ1n) is 13.0. The van der Waals surface area contributed by atoms with E-state index in [9.17, 15) is 9.59 Å². The van der Waals surface area contributed by atoms with Gasteiger partial charge < -0.3 is 20.5 Å². The van der Waals surface area contributed by atoms with Crippen LogP contribution in [0.25, 0.3) is 11.3 Å². The van der Waals surface area contributed by atoms with Crippen molar-refractivity contribution < 1.29 is 19.4 Å². The van der Waals surface area contributed by atoms with E-state index in [1.54, 1.807) is 48.5 Å². The Kier molecular flexibility index (Phi) is 10.3. The van der Waals surface area contributed by atoms with Gasteiger partial charge in [0.1, 0.15) is 12.1 Å². The molecule has 40 heavy (non-hydrogen) atoms. The first kappa shape index (κ1) is 28.9. The molecule has 3 N–H and O–H groups in total. The highest BCUT2D eigenvalue weighted by atomic mass is 35.5. The summed E-state index contributed by atoms with van der Waals surface area (Å²) in [4.78, 5) is 34.6. The molecule has 3 aromatic carbocycles. The molecule has 0 bridgehead atoms. The minimum atomic E-state index is -0.364. The number of aromatic nitrogens is 2. The van der Waals surface area contributed by atoms with E-state index < -0.39 is 0 Å². The molecule has 1 amide bonds. The average molecular weight is 559 g/mol. The van der Waals surface area contributed by atoms with Crippen molar-refractivity contribution in [2.24, 2.45) is 0 Å². The summed E-state index contributed by atoms with van der Waals surface area (Å²) in [6.07, 6.45) is 2.28. The lowest BCUT2D eigenvalue weighted by Gasteiger charge is -2.13.